The topological polar surface area (TPSA) is 94.9 Å². The van der Waals surface area contributed by atoms with Crippen molar-refractivity contribution in [3.05, 3.63) is 82.8 Å². The summed E-state index contributed by atoms with van der Waals surface area (Å²) in [5.41, 5.74) is 1.63. The Bertz CT molecular complexity index is 1280. The summed E-state index contributed by atoms with van der Waals surface area (Å²) in [7, 11) is 0. The molecule has 1 amide bonds. The van der Waals surface area contributed by atoms with E-state index in [0.29, 0.717) is 26.8 Å². The molecule has 146 valence electrons. The number of furan rings is 1. The summed E-state index contributed by atoms with van der Waals surface area (Å²) in [6.07, 6.45) is 4.83. The van der Waals surface area contributed by atoms with Crippen molar-refractivity contribution in [1.82, 2.24) is 9.99 Å². The molecule has 3 aromatic rings. The Kier molecular flexibility index (Phi) is 4.57. The molecule has 4 heterocycles. The van der Waals surface area contributed by atoms with E-state index in [2.05, 4.69) is 15.1 Å². The van der Waals surface area contributed by atoms with Gasteiger partial charge in [0.1, 0.15) is 16.6 Å². The molecule has 0 saturated heterocycles. The minimum Gasteiger partial charge on any atom is -0.457 e. The quantitative estimate of drug-likeness (QED) is 0.606. The molecule has 0 bridgehead atoms. The van der Waals surface area contributed by atoms with Crippen LogP contribution in [0.4, 0.5) is 0 Å². The van der Waals surface area contributed by atoms with Crippen LogP contribution in [0.15, 0.2) is 81.0 Å². The number of benzene rings is 1. The summed E-state index contributed by atoms with van der Waals surface area (Å²) >= 11 is 7.45. The van der Waals surface area contributed by atoms with E-state index in [1.807, 2.05) is 24.3 Å². The number of amidine groups is 2. The van der Waals surface area contributed by atoms with Gasteiger partial charge in [-0.05, 0) is 54.2 Å². The van der Waals surface area contributed by atoms with Crippen LogP contribution in [0.1, 0.15) is 11.3 Å². The maximum Gasteiger partial charge on any atom is 0.283 e. The Morgan fingerprint density at radius 1 is 1.13 bits per heavy atom. The Balaban J connectivity index is 1.46. The molecule has 0 aliphatic carbocycles. The number of hydrogen-bond acceptors (Lipinski definition) is 6. The number of pyridine rings is 1. The van der Waals surface area contributed by atoms with Crippen molar-refractivity contribution in [3.63, 3.8) is 0 Å². The summed E-state index contributed by atoms with van der Waals surface area (Å²) < 4.78 is 5.83. The van der Waals surface area contributed by atoms with Crippen molar-refractivity contribution in [3.8, 4) is 11.3 Å². The molecule has 5 rings (SSSR count). The van der Waals surface area contributed by atoms with Crippen molar-refractivity contribution in [2.75, 3.05) is 0 Å². The molecule has 0 radical (unpaired) electrons. The van der Waals surface area contributed by atoms with Crippen molar-refractivity contribution in [2.45, 2.75) is 0 Å². The number of hydrazone groups is 1. The highest BCUT2D eigenvalue weighted by Gasteiger charge is 2.36. The maximum atomic E-state index is 12.6. The monoisotopic (exact) mass is 433 g/mol. The number of amides is 1. The van der Waals surface area contributed by atoms with E-state index in [9.17, 15) is 4.79 Å². The molecule has 7 nitrogen and oxygen atoms in total. The van der Waals surface area contributed by atoms with Crippen LogP contribution < -0.4 is 0 Å². The summed E-state index contributed by atoms with van der Waals surface area (Å²) in [6.45, 7) is 0. The maximum absolute atomic E-state index is 12.6. The van der Waals surface area contributed by atoms with Crippen LogP contribution in [0.5, 0.6) is 0 Å². The third-order valence-electron chi connectivity index (χ3n) is 4.42. The second-order valence-electron chi connectivity index (χ2n) is 6.35. The molecule has 30 heavy (non-hydrogen) atoms. The van der Waals surface area contributed by atoms with Gasteiger partial charge in [0.2, 0.25) is 5.17 Å². The first-order valence-corrected chi connectivity index (χ1v) is 10.0. The van der Waals surface area contributed by atoms with Crippen LogP contribution in [-0.2, 0) is 4.79 Å². The number of fused-ring (bicyclic) bond motifs is 1. The van der Waals surface area contributed by atoms with Gasteiger partial charge in [-0.1, -0.05) is 23.7 Å². The lowest BCUT2D eigenvalue weighted by atomic mass is 10.1. The number of nitrogens with zero attached hydrogens (tertiary/aromatic N) is 4. The highest BCUT2D eigenvalue weighted by atomic mass is 35.5. The summed E-state index contributed by atoms with van der Waals surface area (Å²) in [6, 6.07) is 14.5. The Labute approximate surface area is 180 Å². The molecule has 2 aliphatic heterocycles. The molecule has 9 heteroatoms. The van der Waals surface area contributed by atoms with Crippen LogP contribution in [0.3, 0.4) is 0 Å². The zero-order chi connectivity index (χ0) is 20.7. The normalized spacial score (nSPS) is 17.2. The van der Waals surface area contributed by atoms with E-state index in [1.165, 1.54) is 22.8 Å². The first-order valence-electron chi connectivity index (χ1n) is 8.85. The summed E-state index contributed by atoms with van der Waals surface area (Å²) in [5.74, 6) is 0.407. The molecule has 2 aliphatic rings. The van der Waals surface area contributed by atoms with Crippen LogP contribution in [0.2, 0.25) is 5.02 Å². The zero-order valence-corrected chi connectivity index (χ0v) is 16.8. The Morgan fingerprint density at radius 2 is 2.00 bits per heavy atom. The van der Waals surface area contributed by atoms with E-state index in [4.69, 9.17) is 21.4 Å². The van der Waals surface area contributed by atoms with Crippen LogP contribution >= 0.6 is 23.4 Å². The molecule has 1 N–H and O–H groups in total. The number of halogens is 1. The Morgan fingerprint density at radius 3 is 2.80 bits per heavy atom. The average molecular weight is 434 g/mol. The van der Waals surface area contributed by atoms with E-state index in [0.717, 1.165) is 11.1 Å². The zero-order valence-electron chi connectivity index (χ0n) is 15.2. The van der Waals surface area contributed by atoms with E-state index in [-0.39, 0.29) is 11.4 Å². The van der Waals surface area contributed by atoms with Gasteiger partial charge in [0.25, 0.3) is 5.91 Å². The van der Waals surface area contributed by atoms with Crippen molar-refractivity contribution < 1.29 is 9.21 Å². The molecular weight excluding hydrogens is 422 g/mol. The summed E-state index contributed by atoms with van der Waals surface area (Å²) in [5, 5.41) is 15.8. The van der Waals surface area contributed by atoms with Gasteiger partial charge >= 0.3 is 0 Å². The van der Waals surface area contributed by atoms with Crippen molar-refractivity contribution in [2.24, 2.45) is 10.1 Å². The lowest BCUT2D eigenvalue weighted by molar-refractivity contribution is -0.114. The fraction of sp³-hybridized carbons (Fsp3) is 0. The van der Waals surface area contributed by atoms with Crippen LogP contribution in [-0.4, -0.2) is 31.9 Å². The number of rotatable bonds is 3. The van der Waals surface area contributed by atoms with Gasteiger partial charge in [-0.2, -0.15) is 15.1 Å². The number of hydrogen-bond donors (Lipinski definition) is 1. The van der Waals surface area contributed by atoms with E-state index >= 15 is 0 Å². The van der Waals surface area contributed by atoms with Gasteiger partial charge in [-0.25, -0.2) is 0 Å². The molecule has 2 aromatic heterocycles. The fourth-order valence-corrected chi connectivity index (χ4v) is 4.09. The first kappa shape index (κ1) is 18.5. The molecule has 0 spiro atoms. The number of carbonyl (C=O) groups excluding carboxylic acids is 1. The van der Waals surface area contributed by atoms with Gasteiger partial charge in [0.05, 0.1) is 10.6 Å². The van der Waals surface area contributed by atoms with Gasteiger partial charge in [-0.15, -0.1) is 0 Å². The second kappa shape index (κ2) is 7.40. The first-order chi connectivity index (χ1) is 14.6. The van der Waals surface area contributed by atoms with E-state index < -0.39 is 5.91 Å². The smallest absolute Gasteiger partial charge is 0.283 e. The second-order valence-corrected chi connectivity index (χ2v) is 7.71. The summed E-state index contributed by atoms with van der Waals surface area (Å²) in [4.78, 5) is 20.7. The van der Waals surface area contributed by atoms with Gasteiger partial charge in [-0.3, -0.25) is 15.2 Å². The number of thioether (sulfide) groups is 1. The molecule has 0 unspecified atom stereocenters. The third kappa shape index (κ3) is 3.26. The molecule has 0 fully saturated rings. The Hall–Kier alpha value is -3.49. The molecular formula is C21H12ClN5O2S. The molecule has 0 saturated carbocycles. The number of nitrogens with one attached hydrogen (secondary N) is 1. The van der Waals surface area contributed by atoms with Gasteiger partial charge in [0.15, 0.2) is 5.84 Å². The molecule has 1 aromatic carbocycles. The average Bonchev–Trinajstić information content (AvgIpc) is 3.39. The van der Waals surface area contributed by atoms with Gasteiger partial charge in [0, 0.05) is 23.5 Å². The highest BCUT2D eigenvalue weighted by Crippen LogP contribution is 2.32. The standard InChI is InChI=1S/C21H12ClN5O2S/c22-16-6-2-1-5-14(16)17-8-7-13(29-17)10-15-18(23)27-21(25-19(15)28)30-20(26-27)12-4-3-9-24-11-12/h1-11,23H/b15-10-,23-18?. The lowest BCUT2D eigenvalue weighted by Crippen LogP contribution is -2.35. The predicted molar refractivity (Wildman–Crippen MR) is 118 cm³/mol. The van der Waals surface area contributed by atoms with Gasteiger partial charge < -0.3 is 4.42 Å². The fourth-order valence-electron chi connectivity index (χ4n) is 2.98. The van der Waals surface area contributed by atoms with Crippen molar-refractivity contribution in [1.29, 1.82) is 5.41 Å². The third-order valence-corrected chi connectivity index (χ3v) is 5.70. The van der Waals surface area contributed by atoms with Crippen molar-refractivity contribution >= 4 is 51.4 Å². The van der Waals surface area contributed by atoms with Crippen LogP contribution in [0.25, 0.3) is 17.4 Å². The minimum atomic E-state index is -0.517. The highest BCUT2D eigenvalue weighted by molar-refractivity contribution is 8.27. The predicted octanol–water partition coefficient (Wildman–Crippen LogP) is 4.66. The number of carbonyl (C=O) groups is 1. The largest absolute Gasteiger partial charge is 0.457 e. The van der Waals surface area contributed by atoms with E-state index in [1.54, 1.807) is 36.7 Å². The number of aromatic nitrogens is 1. The minimum absolute atomic E-state index is 0.0629. The number of aliphatic imine (C=N–C) groups is 1. The lowest BCUT2D eigenvalue weighted by Gasteiger charge is -2.19. The SMILES string of the molecule is N=C1/C(=C/c2ccc(-c3ccccc3Cl)o2)C(=O)N=C2SC(c3cccnc3)=NN12. The van der Waals surface area contributed by atoms with Crippen LogP contribution in [0, 0.1) is 5.41 Å². The molecule has 0 atom stereocenters.